The summed E-state index contributed by atoms with van der Waals surface area (Å²) >= 11 is 12.0. The summed E-state index contributed by atoms with van der Waals surface area (Å²) in [6.45, 7) is 2.00. The van der Waals surface area contributed by atoms with E-state index in [0.717, 1.165) is 31.2 Å². The van der Waals surface area contributed by atoms with Crippen LogP contribution in [-0.2, 0) is 11.2 Å². The quantitative estimate of drug-likeness (QED) is 0.822. The monoisotopic (exact) mass is 313 g/mol. The number of hydrogen-bond donors (Lipinski definition) is 1. The first-order valence-corrected chi connectivity index (χ1v) is 8.24. The largest absolute Gasteiger partial charge is 0.348 e. The van der Waals surface area contributed by atoms with Gasteiger partial charge in [-0.25, -0.2) is 0 Å². The van der Waals surface area contributed by atoms with Gasteiger partial charge in [-0.2, -0.15) is 0 Å². The van der Waals surface area contributed by atoms with Crippen molar-refractivity contribution in [1.82, 2.24) is 5.32 Å². The number of amides is 1. The molecule has 0 fully saturated rings. The van der Waals surface area contributed by atoms with Crippen LogP contribution in [0, 0.1) is 0 Å². The molecule has 0 saturated carbocycles. The summed E-state index contributed by atoms with van der Waals surface area (Å²) in [6, 6.07) is 8.21. The highest BCUT2D eigenvalue weighted by molar-refractivity contribution is 6.22. The Hall–Kier alpha value is -0.730. The number of carbonyl (C=O) groups is 1. The normalized spacial score (nSPS) is 18.4. The molecule has 110 valence electrons. The zero-order valence-corrected chi connectivity index (χ0v) is 13.3. The van der Waals surface area contributed by atoms with E-state index in [0.29, 0.717) is 11.8 Å². The molecule has 1 N–H and O–H groups in total. The topological polar surface area (TPSA) is 29.1 Å². The number of rotatable bonds is 5. The van der Waals surface area contributed by atoms with E-state index in [-0.39, 0.29) is 11.8 Å². The van der Waals surface area contributed by atoms with Crippen molar-refractivity contribution in [2.24, 2.45) is 0 Å². The molecule has 1 aliphatic rings. The molecule has 20 heavy (non-hydrogen) atoms. The third-order valence-electron chi connectivity index (χ3n) is 4.26. The molecule has 1 atom stereocenters. The van der Waals surface area contributed by atoms with Gasteiger partial charge in [0.05, 0.1) is 11.5 Å². The standard InChI is InChI=1S/C16H21Cl2NO/c1-2-16(10-17,11-18)19-15(20)14-9-5-7-12-6-3-4-8-13(12)14/h3-4,6,8,14H,2,5,7,9-11H2,1H3,(H,19,20). The maximum Gasteiger partial charge on any atom is 0.228 e. The predicted octanol–water partition coefficient (Wildman–Crippen LogP) is 3.85. The molecule has 0 bridgehead atoms. The second kappa shape index (κ2) is 6.82. The van der Waals surface area contributed by atoms with Gasteiger partial charge in [0, 0.05) is 11.8 Å². The van der Waals surface area contributed by atoms with Crippen LogP contribution in [0.25, 0.3) is 0 Å². The van der Waals surface area contributed by atoms with Crippen molar-refractivity contribution in [2.45, 2.75) is 44.1 Å². The summed E-state index contributed by atoms with van der Waals surface area (Å²) in [5, 5.41) is 3.09. The number of alkyl halides is 2. The fraction of sp³-hybridized carbons (Fsp3) is 0.562. The van der Waals surface area contributed by atoms with E-state index < -0.39 is 5.54 Å². The van der Waals surface area contributed by atoms with Gasteiger partial charge >= 0.3 is 0 Å². The minimum absolute atomic E-state index is 0.0558. The highest BCUT2D eigenvalue weighted by Gasteiger charge is 2.33. The van der Waals surface area contributed by atoms with E-state index in [1.807, 2.05) is 19.1 Å². The van der Waals surface area contributed by atoms with E-state index in [1.54, 1.807) is 0 Å². The lowest BCUT2D eigenvalue weighted by molar-refractivity contribution is -0.124. The highest BCUT2D eigenvalue weighted by Crippen LogP contribution is 2.32. The SMILES string of the molecule is CCC(CCl)(CCl)NC(=O)C1CCCc2ccccc21. The summed E-state index contributed by atoms with van der Waals surface area (Å²) in [5.74, 6) is 0.665. The van der Waals surface area contributed by atoms with Crippen LogP contribution in [0.15, 0.2) is 24.3 Å². The molecule has 4 heteroatoms. The Morgan fingerprint density at radius 2 is 2.05 bits per heavy atom. The Morgan fingerprint density at radius 1 is 1.35 bits per heavy atom. The van der Waals surface area contributed by atoms with Crippen LogP contribution in [0.3, 0.4) is 0 Å². The Labute approximate surface area is 130 Å². The smallest absolute Gasteiger partial charge is 0.228 e. The van der Waals surface area contributed by atoms with Crippen LogP contribution in [-0.4, -0.2) is 23.2 Å². The summed E-state index contributed by atoms with van der Waals surface area (Å²) in [5.41, 5.74) is 1.95. The van der Waals surface area contributed by atoms with Crippen molar-refractivity contribution in [3.8, 4) is 0 Å². The summed E-state index contributed by atoms with van der Waals surface area (Å²) < 4.78 is 0. The fourth-order valence-electron chi connectivity index (χ4n) is 2.75. The minimum Gasteiger partial charge on any atom is -0.348 e. The molecule has 0 aliphatic heterocycles. The molecular weight excluding hydrogens is 293 g/mol. The highest BCUT2D eigenvalue weighted by atomic mass is 35.5. The van der Waals surface area contributed by atoms with E-state index in [2.05, 4.69) is 17.4 Å². The van der Waals surface area contributed by atoms with Gasteiger partial charge in [-0.3, -0.25) is 4.79 Å². The molecule has 0 spiro atoms. The molecule has 0 aromatic heterocycles. The van der Waals surface area contributed by atoms with Crippen molar-refractivity contribution >= 4 is 29.1 Å². The first-order chi connectivity index (χ1) is 9.65. The molecule has 1 amide bonds. The number of nitrogens with one attached hydrogen (secondary N) is 1. The van der Waals surface area contributed by atoms with Gasteiger partial charge < -0.3 is 5.32 Å². The molecule has 2 rings (SSSR count). The van der Waals surface area contributed by atoms with E-state index in [9.17, 15) is 4.79 Å². The molecule has 1 aromatic carbocycles. The van der Waals surface area contributed by atoms with Gasteiger partial charge in [-0.15, -0.1) is 23.2 Å². The van der Waals surface area contributed by atoms with E-state index in [1.165, 1.54) is 5.56 Å². The lowest BCUT2D eigenvalue weighted by Crippen LogP contribution is -2.53. The maximum absolute atomic E-state index is 12.6. The minimum atomic E-state index is -0.493. The van der Waals surface area contributed by atoms with Gasteiger partial charge in [0.2, 0.25) is 5.91 Å². The lowest BCUT2D eigenvalue weighted by Gasteiger charge is -2.33. The van der Waals surface area contributed by atoms with Gasteiger partial charge in [0.1, 0.15) is 0 Å². The molecule has 0 radical (unpaired) electrons. The van der Waals surface area contributed by atoms with Crippen molar-refractivity contribution < 1.29 is 4.79 Å². The van der Waals surface area contributed by atoms with Crippen LogP contribution in [0.5, 0.6) is 0 Å². The van der Waals surface area contributed by atoms with Crippen LogP contribution < -0.4 is 5.32 Å². The fourth-order valence-corrected chi connectivity index (χ4v) is 3.55. The maximum atomic E-state index is 12.6. The lowest BCUT2D eigenvalue weighted by atomic mass is 9.82. The molecule has 0 heterocycles. The van der Waals surface area contributed by atoms with E-state index in [4.69, 9.17) is 23.2 Å². The van der Waals surface area contributed by atoms with Crippen molar-refractivity contribution in [3.63, 3.8) is 0 Å². The van der Waals surface area contributed by atoms with Crippen molar-refractivity contribution in [2.75, 3.05) is 11.8 Å². The number of aryl methyl sites for hydroxylation is 1. The van der Waals surface area contributed by atoms with Crippen LogP contribution in [0.2, 0.25) is 0 Å². The van der Waals surface area contributed by atoms with Gasteiger partial charge in [-0.1, -0.05) is 31.2 Å². The van der Waals surface area contributed by atoms with Crippen molar-refractivity contribution in [1.29, 1.82) is 0 Å². The Balaban J connectivity index is 2.19. The zero-order chi connectivity index (χ0) is 14.6. The molecule has 2 nitrogen and oxygen atoms in total. The average molecular weight is 314 g/mol. The van der Waals surface area contributed by atoms with E-state index >= 15 is 0 Å². The molecule has 1 unspecified atom stereocenters. The van der Waals surface area contributed by atoms with Crippen LogP contribution >= 0.6 is 23.2 Å². The molecule has 1 aliphatic carbocycles. The molecular formula is C16H21Cl2NO. The zero-order valence-electron chi connectivity index (χ0n) is 11.8. The van der Waals surface area contributed by atoms with Gasteiger partial charge in [0.15, 0.2) is 0 Å². The van der Waals surface area contributed by atoms with Crippen LogP contribution in [0.1, 0.15) is 43.2 Å². The number of carbonyl (C=O) groups excluding carboxylic acids is 1. The number of hydrogen-bond acceptors (Lipinski definition) is 1. The number of fused-ring (bicyclic) bond motifs is 1. The third-order valence-corrected chi connectivity index (χ3v) is 5.29. The molecule has 0 saturated heterocycles. The summed E-state index contributed by atoms with van der Waals surface area (Å²) in [6.07, 6.45) is 3.74. The second-order valence-corrected chi connectivity index (χ2v) is 6.07. The first kappa shape index (κ1) is 15.7. The Bertz CT molecular complexity index is 463. The molecule has 1 aromatic rings. The second-order valence-electron chi connectivity index (χ2n) is 5.53. The predicted molar refractivity (Wildman–Crippen MR) is 84.7 cm³/mol. The number of halogens is 2. The first-order valence-electron chi connectivity index (χ1n) is 7.17. The van der Waals surface area contributed by atoms with Gasteiger partial charge in [0.25, 0.3) is 0 Å². The van der Waals surface area contributed by atoms with Crippen molar-refractivity contribution in [3.05, 3.63) is 35.4 Å². The average Bonchev–Trinajstić information content (AvgIpc) is 2.52. The van der Waals surface area contributed by atoms with Crippen LogP contribution in [0.4, 0.5) is 0 Å². The van der Waals surface area contributed by atoms with Gasteiger partial charge in [-0.05, 0) is 36.8 Å². The number of benzene rings is 1. The Kier molecular flexibility index (Phi) is 5.34. The summed E-state index contributed by atoms with van der Waals surface area (Å²) in [4.78, 5) is 12.6. The Morgan fingerprint density at radius 3 is 2.70 bits per heavy atom. The third kappa shape index (κ3) is 3.12. The summed E-state index contributed by atoms with van der Waals surface area (Å²) in [7, 11) is 0.